The molecule has 27 heavy (non-hydrogen) atoms. The van der Waals surface area contributed by atoms with Crippen LogP contribution in [0.25, 0.3) is 0 Å². The van der Waals surface area contributed by atoms with Crippen LogP contribution < -0.4 is 18.9 Å². The molecule has 0 aromatic heterocycles. The highest BCUT2D eigenvalue weighted by Crippen LogP contribution is 2.25. The second kappa shape index (κ2) is 9.80. The maximum Gasteiger partial charge on any atom is 0.241 e. The van der Waals surface area contributed by atoms with Crippen LogP contribution in [-0.2, 0) is 10.0 Å². The van der Waals surface area contributed by atoms with Gasteiger partial charge in [-0.1, -0.05) is 24.0 Å². The third-order valence-corrected chi connectivity index (χ3v) is 4.76. The van der Waals surface area contributed by atoms with Gasteiger partial charge in [-0.25, -0.2) is 12.8 Å². The number of halogens is 1. The van der Waals surface area contributed by atoms with Gasteiger partial charge in [0.05, 0.1) is 25.2 Å². The number of sulfonamides is 1. The largest absolute Gasteiger partial charge is 0.493 e. The van der Waals surface area contributed by atoms with E-state index in [4.69, 9.17) is 14.2 Å². The predicted octanol–water partition coefficient (Wildman–Crippen LogP) is 2.59. The Bertz CT molecular complexity index is 935. The van der Waals surface area contributed by atoms with Gasteiger partial charge >= 0.3 is 0 Å². The smallest absolute Gasteiger partial charge is 0.241 e. The summed E-state index contributed by atoms with van der Waals surface area (Å²) in [4.78, 5) is -0.199. The zero-order chi connectivity index (χ0) is 19.7. The van der Waals surface area contributed by atoms with Crippen molar-refractivity contribution in [1.29, 1.82) is 0 Å². The Hall–Kier alpha value is -2.76. The van der Waals surface area contributed by atoms with E-state index in [1.54, 1.807) is 25.1 Å². The van der Waals surface area contributed by atoms with Gasteiger partial charge in [0, 0.05) is 0 Å². The summed E-state index contributed by atoms with van der Waals surface area (Å²) in [5.41, 5.74) is 0. The third kappa shape index (κ3) is 5.88. The number of nitrogens with one attached hydrogen (secondary N) is 1. The first-order valence-corrected chi connectivity index (χ1v) is 9.59. The first-order chi connectivity index (χ1) is 13.0. The lowest BCUT2D eigenvalue weighted by molar-refractivity contribution is 0.321. The molecule has 8 heteroatoms. The Balaban J connectivity index is 1.89. The fourth-order valence-corrected chi connectivity index (χ4v) is 3.04. The zero-order valence-corrected chi connectivity index (χ0v) is 15.8. The molecular formula is C19H20FNO5S. The Labute approximate surface area is 158 Å². The standard InChI is InChI=1S/C19H20FNO5S/c1-3-25-17-11-10-15(14-16(17)20)27(22,23)21-12-6-7-13-26-19-9-5-4-8-18(19)24-2/h4-5,8-11,14,21H,3,12-13H2,1-2H3. The molecule has 0 fully saturated rings. The van der Waals surface area contributed by atoms with Gasteiger partial charge in [0.15, 0.2) is 23.1 Å². The summed E-state index contributed by atoms with van der Waals surface area (Å²) in [6, 6.07) is 10.6. The van der Waals surface area contributed by atoms with Crippen molar-refractivity contribution in [2.24, 2.45) is 0 Å². The molecule has 0 aliphatic heterocycles. The molecular weight excluding hydrogens is 373 g/mol. The summed E-state index contributed by atoms with van der Waals surface area (Å²) < 4.78 is 56.1. The lowest BCUT2D eigenvalue weighted by Gasteiger charge is -2.08. The molecule has 0 heterocycles. The van der Waals surface area contributed by atoms with E-state index in [1.807, 2.05) is 6.07 Å². The van der Waals surface area contributed by atoms with Crippen molar-refractivity contribution < 1.29 is 27.0 Å². The van der Waals surface area contributed by atoms with Gasteiger partial charge in [-0.05, 0) is 37.3 Å². The fraction of sp³-hybridized carbons (Fsp3) is 0.263. The number of para-hydroxylation sites is 2. The number of rotatable bonds is 8. The van der Waals surface area contributed by atoms with Gasteiger partial charge in [0.2, 0.25) is 10.0 Å². The summed E-state index contributed by atoms with van der Waals surface area (Å²) in [6.45, 7) is 1.93. The van der Waals surface area contributed by atoms with Crippen LogP contribution >= 0.6 is 0 Å². The highest BCUT2D eigenvalue weighted by Gasteiger charge is 2.15. The van der Waals surface area contributed by atoms with Crippen molar-refractivity contribution in [3.63, 3.8) is 0 Å². The van der Waals surface area contributed by atoms with Crippen LogP contribution in [0.15, 0.2) is 47.4 Å². The quantitative estimate of drug-likeness (QED) is 0.698. The molecule has 2 aromatic carbocycles. The summed E-state index contributed by atoms with van der Waals surface area (Å²) >= 11 is 0. The lowest BCUT2D eigenvalue weighted by atomic mass is 10.3. The van der Waals surface area contributed by atoms with Crippen LogP contribution in [0.2, 0.25) is 0 Å². The normalized spacial score (nSPS) is 10.6. The average molecular weight is 393 g/mol. The van der Waals surface area contributed by atoms with Crippen molar-refractivity contribution in [3.8, 4) is 29.1 Å². The lowest BCUT2D eigenvalue weighted by Crippen LogP contribution is -2.24. The van der Waals surface area contributed by atoms with Crippen LogP contribution in [0, 0.1) is 17.7 Å². The molecule has 0 radical (unpaired) electrons. The Kier molecular flexibility index (Phi) is 7.46. The Morgan fingerprint density at radius 3 is 2.44 bits per heavy atom. The minimum Gasteiger partial charge on any atom is -0.493 e. The second-order valence-corrected chi connectivity index (χ2v) is 6.91. The van der Waals surface area contributed by atoms with Gasteiger partial charge in [-0.3, -0.25) is 0 Å². The molecule has 0 amide bonds. The van der Waals surface area contributed by atoms with Crippen molar-refractivity contribution >= 4 is 10.0 Å². The van der Waals surface area contributed by atoms with E-state index in [-0.39, 0.29) is 30.4 Å². The molecule has 1 N–H and O–H groups in total. The van der Waals surface area contributed by atoms with E-state index >= 15 is 0 Å². The van der Waals surface area contributed by atoms with E-state index in [0.29, 0.717) is 11.5 Å². The Morgan fingerprint density at radius 1 is 1.04 bits per heavy atom. The number of benzene rings is 2. The molecule has 0 spiro atoms. The molecule has 0 saturated carbocycles. The number of hydrogen-bond donors (Lipinski definition) is 1. The summed E-state index contributed by atoms with van der Waals surface area (Å²) in [5, 5.41) is 0. The summed E-state index contributed by atoms with van der Waals surface area (Å²) in [7, 11) is -2.34. The summed E-state index contributed by atoms with van der Waals surface area (Å²) in [6.07, 6.45) is 0. The highest BCUT2D eigenvalue weighted by molar-refractivity contribution is 7.89. The summed E-state index contributed by atoms with van der Waals surface area (Å²) in [5.74, 6) is 5.73. The molecule has 0 bridgehead atoms. The molecule has 0 atom stereocenters. The minimum absolute atomic E-state index is 0.00438. The minimum atomic E-state index is -3.87. The van der Waals surface area contributed by atoms with Crippen molar-refractivity contribution in [1.82, 2.24) is 4.72 Å². The molecule has 6 nitrogen and oxygen atoms in total. The molecule has 2 rings (SSSR count). The molecule has 0 unspecified atom stereocenters. The van der Waals surface area contributed by atoms with Crippen LogP contribution in [0.1, 0.15) is 6.92 Å². The zero-order valence-electron chi connectivity index (χ0n) is 15.0. The van der Waals surface area contributed by atoms with Gasteiger partial charge in [0.25, 0.3) is 0 Å². The van der Waals surface area contributed by atoms with Gasteiger partial charge in [0.1, 0.15) is 6.61 Å². The first kappa shape index (κ1) is 20.6. The molecule has 144 valence electrons. The van der Waals surface area contributed by atoms with Crippen molar-refractivity contribution in [3.05, 3.63) is 48.3 Å². The SMILES string of the molecule is CCOc1ccc(S(=O)(=O)NCC#CCOc2ccccc2OC)cc1F. The van der Waals surface area contributed by atoms with Crippen LogP contribution in [0.5, 0.6) is 17.2 Å². The molecule has 0 aliphatic carbocycles. The number of methoxy groups -OCH3 is 1. The maximum atomic E-state index is 13.8. The topological polar surface area (TPSA) is 73.9 Å². The highest BCUT2D eigenvalue weighted by atomic mass is 32.2. The second-order valence-electron chi connectivity index (χ2n) is 5.14. The predicted molar refractivity (Wildman–Crippen MR) is 99.0 cm³/mol. The van der Waals surface area contributed by atoms with Crippen molar-refractivity contribution in [2.75, 3.05) is 26.9 Å². The monoisotopic (exact) mass is 393 g/mol. The fourth-order valence-electron chi connectivity index (χ4n) is 2.10. The van der Waals surface area contributed by atoms with E-state index < -0.39 is 15.8 Å². The third-order valence-electron chi connectivity index (χ3n) is 3.36. The van der Waals surface area contributed by atoms with Crippen LogP contribution in [0.4, 0.5) is 4.39 Å². The van der Waals surface area contributed by atoms with Gasteiger partial charge in [-0.2, -0.15) is 4.72 Å². The van der Waals surface area contributed by atoms with Crippen LogP contribution in [-0.4, -0.2) is 35.3 Å². The van der Waals surface area contributed by atoms with E-state index in [0.717, 1.165) is 6.07 Å². The number of hydrogen-bond acceptors (Lipinski definition) is 5. The number of ether oxygens (including phenoxy) is 3. The van der Waals surface area contributed by atoms with Crippen molar-refractivity contribution in [2.45, 2.75) is 11.8 Å². The van der Waals surface area contributed by atoms with E-state index in [9.17, 15) is 12.8 Å². The first-order valence-electron chi connectivity index (χ1n) is 8.11. The van der Waals surface area contributed by atoms with Crippen LogP contribution in [0.3, 0.4) is 0 Å². The maximum absolute atomic E-state index is 13.8. The molecule has 0 aliphatic rings. The van der Waals surface area contributed by atoms with E-state index in [2.05, 4.69) is 16.6 Å². The Morgan fingerprint density at radius 2 is 1.78 bits per heavy atom. The van der Waals surface area contributed by atoms with Gasteiger partial charge in [-0.15, -0.1) is 0 Å². The average Bonchev–Trinajstić information content (AvgIpc) is 2.66. The van der Waals surface area contributed by atoms with E-state index in [1.165, 1.54) is 19.2 Å². The molecule has 0 saturated heterocycles. The van der Waals surface area contributed by atoms with Gasteiger partial charge < -0.3 is 14.2 Å². The molecule has 2 aromatic rings.